The summed E-state index contributed by atoms with van der Waals surface area (Å²) in [6.45, 7) is 12.9. The summed E-state index contributed by atoms with van der Waals surface area (Å²) < 4.78 is 5.58. The topological polar surface area (TPSA) is 47.3 Å². The van der Waals surface area contributed by atoms with Crippen LogP contribution in [0.15, 0.2) is 0 Å². The third-order valence-electron chi connectivity index (χ3n) is 4.39. The van der Waals surface area contributed by atoms with Gasteiger partial charge in [-0.15, -0.1) is 0 Å². The summed E-state index contributed by atoms with van der Waals surface area (Å²) in [5.74, 6) is 6.21. The number of nitrogens with two attached hydrogens (primary N) is 1. The standard InChI is InChI=1S/C12H26N2O/c1-6-7-15-8-9(14-13)10-11(2,3)12(10,4)5/h9-10,14H,6-8,13H2,1-5H3. The lowest BCUT2D eigenvalue weighted by atomic mass is 10.0. The van der Waals surface area contributed by atoms with E-state index in [0.29, 0.717) is 16.7 Å². The Bertz CT molecular complexity index is 200. The third-order valence-corrected chi connectivity index (χ3v) is 4.39. The van der Waals surface area contributed by atoms with Crippen LogP contribution in [0.2, 0.25) is 0 Å². The van der Waals surface area contributed by atoms with Crippen LogP contribution in [-0.4, -0.2) is 19.3 Å². The number of rotatable bonds is 6. The number of hydrogen-bond acceptors (Lipinski definition) is 3. The Morgan fingerprint density at radius 3 is 2.13 bits per heavy atom. The maximum Gasteiger partial charge on any atom is 0.0636 e. The van der Waals surface area contributed by atoms with Crippen molar-refractivity contribution in [3.63, 3.8) is 0 Å². The molecule has 15 heavy (non-hydrogen) atoms. The molecule has 3 nitrogen and oxygen atoms in total. The Morgan fingerprint density at radius 2 is 1.80 bits per heavy atom. The Balaban J connectivity index is 2.48. The van der Waals surface area contributed by atoms with E-state index in [1.165, 1.54) is 0 Å². The van der Waals surface area contributed by atoms with E-state index in [2.05, 4.69) is 40.0 Å². The number of hydrogen-bond donors (Lipinski definition) is 2. The molecule has 0 heterocycles. The second kappa shape index (κ2) is 4.40. The van der Waals surface area contributed by atoms with E-state index < -0.39 is 0 Å². The van der Waals surface area contributed by atoms with Crippen molar-refractivity contribution in [1.29, 1.82) is 0 Å². The van der Waals surface area contributed by atoms with Crippen molar-refractivity contribution in [2.24, 2.45) is 22.6 Å². The smallest absolute Gasteiger partial charge is 0.0636 e. The molecule has 0 radical (unpaired) electrons. The van der Waals surface area contributed by atoms with Gasteiger partial charge in [-0.1, -0.05) is 34.6 Å². The highest BCUT2D eigenvalue weighted by Crippen LogP contribution is 2.69. The molecular formula is C12H26N2O. The third kappa shape index (κ3) is 2.19. The maximum atomic E-state index is 5.61. The van der Waals surface area contributed by atoms with E-state index in [4.69, 9.17) is 10.6 Å². The molecule has 0 amide bonds. The largest absolute Gasteiger partial charge is 0.380 e. The molecular weight excluding hydrogens is 188 g/mol. The van der Waals surface area contributed by atoms with Crippen LogP contribution in [0.4, 0.5) is 0 Å². The first-order valence-corrected chi connectivity index (χ1v) is 5.93. The summed E-state index contributed by atoms with van der Waals surface area (Å²) in [5.41, 5.74) is 3.63. The molecule has 0 aromatic heterocycles. The zero-order chi connectivity index (χ0) is 11.7. The van der Waals surface area contributed by atoms with Crippen LogP contribution in [-0.2, 0) is 4.74 Å². The first-order chi connectivity index (χ1) is 6.89. The molecule has 0 saturated heterocycles. The Hall–Kier alpha value is -0.120. The normalized spacial score (nSPS) is 25.2. The lowest BCUT2D eigenvalue weighted by Crippen LogP contribution is -2.42. The van der Waals surface area contributed by atoms with Crippen LogP contribution in [0.3, 0.4) is 0 Å². The van der Waals surface area contributed by atoms with Gasteiger partial charge in [-0.25, -0.2) is 0 Å². The second-order valence-corrected chi connectivity index (χ2v) is 5.77. The minimum absolute atomic E-state index is 0.279. The Labute approximate surface area is 93.7 Å². The molecule has 1 rings (SSSR count). The monoisotopic (exact) mass is 214 g/mol. The molecule has 3 heteroatoms. The minimum Gasteiger partial charge on any atom is -0.380 e. The Kier molecular flexibility index (Phi) is 3.80. The van der Waals surface area contributed by atoms with Crippen LogP contribution in [0.1, 0.15) is 41.0 Å². The van der Waals surface area contributed by atoms with E-state index in [0.717, 1.165) is 19.6 Å². The van der Waals surface area contributed by atoms with E-state index in [9.17, 15) is 0 Å². The average Bonchev–Trinajstić information content (AvgIpc) is 2.54. The zero-order valence-corrected chi connectivity index (χ0v) is 10.8. The summed E-state index contributed by atoms with van der Waals surface area (Å²) >= 11 is 0. The number of nitrogens with one attached hydrogen (secondary N) is 1. The molecule has 1 saturated carbocycles. The molecule has 1 atom stereocenters. The fourth-order valence-corrected chi connectivity index (χ4v) is 2.85. The molecule has 0 spiro atoms. The fourth-order valence-electron chi connectivity index (χ4n) is 2.85. The SMILES string of the molecule is CCCOCC(NN)C1C(C)(C)C1(C)C. The van der Waals surface area contributed by atoms with Gasteiger partial charge in [0.15, 0.2) is 0 Å². The lowest BCUT2D eigenvalue weighted by molar-refractivity contribution is 0.0997. The highest BCUT2D eigenvalue weighted by molar-refractivity contribution is 5.16. The van der Waals surface area contributed by atoms with Crippen molar-refractivity contribution >= 4 is 0 Å². The lowest BCUT2D eigenvalue weighted by Gasteiger charge is -2.18. The Morgan fingerprint density at radius 1 is 1.27 bits per heavy atom. The molecule has 1 unspecified atom stereocenters. The molecule has 90 valence electrons. The van der Waals surface area contributed by atoms with Gasteiger partial charge >= 0.3 is 0 Å². The summed E-state index contributed by atoms with van der Waals surface area (Å²) in [7, 11) is 0. The van der Waals surface area contributed by atoms with Crippen molar-refractivity contribution in [1.82, 2.24) is 5.43 Å². The van der Waals surface area contributed by atoms with Crippen molar-refractivity contribution in [3.05, 3.63) is 0 Å². The van der Waals surface area contributed by atoms with Crippen molar-refractivity contribution < 1.29 is 4.74 Å². The van der Waals surface area contributed by atoms with Crippen LogP contribution in [0.25, 0.3) is 0 Å². The van der Waals surface area contributed by atoms with Gasteiger partial charge in [0.05, 0.1) is 6.61 Å². The first-order valence-electron chi connectivity index (χ1n) is 5.93. The summed E-state index contributed by atoms with van der Waals surface area (Å²) in [5, 5.41) is 0. The molecule has 0 aromatic rings. The van der Waals surface area contributed by atoms with E-state index in [1.807, 2.05) is 0 Å². The van der Waals surface area contributed by atoms with Gasteiger partial charge in [0.25, 0.3) is 0 Å². The van der Waals surface area contributed by atoms with E-state index >= 15 is 0 Å². The minimum atomic E-state index is 0.279. The molecule has 3 N–H and O–H groups in total. The van der Waals surface area contributed by atoms with Crippen molar-refractivity contribution in [2.75, 3.05) is 13.2 Å². The molecule has 1 fully saturated rings. The van der Waals surface area contributed by atoms with Crippen LogP contribution in [0, 0.1) is 16.7 Å². The van der Waals surface area contributed by atoms with Gasteiger partial charge in [0.1, 0.15) is 0 Å². The summed E-state index contributed by atoms with van der Waals surface area (Å²) in [6, 6.07) is 0.279. The highest BCUT2D eigenvalue weighted by Gasteiger charge is 2.66. The number of ether oxygens (including phenoxy) is 1. The predicted molar refractivity (Wildman–Crippen MR) is 63.3 cm³/mol. The summed E-state index contributed by atoms with van der Waals surface area (Å²) in [4.78, 5) is 0. The highest BCUT2D eigenvalue weighted by atomic mass is 16.5. The van der Waals surface area contributed by atoms with Crippen molar-refractivity contribution in [2.45, 2.75) is 47.1 Å². The molecule has 1 aliphatic rings. The first kappa shape index (κ1) is 12.9. The molecule has 1 aliphatic carbocycles. The van der Waals surface area contributed by atoms with E-state index in [1.54, 1.807) is 0 Å². The van der Waals surface area contributed by atoms with Crippen molar-refractivity contribution in [3.8, 4) is 0 Å². The van der Waals surface area contributed by atoms with Gasteiger partial charge in [-0.2, -0.15) is 0 Å². The van der Waals surface area contributed by atoms with Gasteiger partial charge in [0.2, 0.25) is 0 Å². The van der Waals surface area contributed by atoms with Crippen LogP contribution >= 0.6 is 0 Å². The van der Waals surface area contributed by atoms with Gasteiger partial charge in [-0.05, 0) is 23.2 Å². The predicted octanol–water partition coefficient (Wildman–Crippen LogP) is 1.93. The maximum absolute atomic E-state index is 5.61. The van der Waals surface area contributed by atoms with Gasteiger partial charge < -0.3 is 4.74 Å². The molecule has 0 bridgehead atoms. The van der Waals surface area contributed by atoms with Crippen LogP contribution < -0.4 is 11.3 Å². The quantitative estimate of drug-likeness (QED) is 0.403. The fraction of sp³-hybridized carbons (Fsp3) is 1.00. The average molecular weight is 214 g/mol. The second-order valence-electron chi connectivity index (χ2n) is 5.77. The number of hydrazine groups is 1. The van der Waals surface area contributed by atoms with Gasteiger partial charge in [-0.3, -0.25) is 11.3 Å². The molecule has 0 aliphatic heterocycles. The molecule has 0 aromatic carbocycles. The van der Waals surface area contributed by atoms with E-state index in [-0.39, 0.29) is 6.04 Å². The summed E-state index contributed by atoms with van der Waals surface area (Å²) in [6.07, 6.45) is 1.06. The zero-order valence-electron chi connectivity index (χ0n) is 10.8. The van der Waals surface area contributed by atoms with Gasteiger partial charge in [0, 0.05) is 12.6 Å². The van der Waals surface area contributed by atoms with Crippen LogP contribution in [0.5, 0.6) is 0 Å².